The Morgan fingerprint density at radius 1 is 1.29 bits per heavy atom. The molecule has 0 radical (unpaired) electrons. The molecule has 0 aromatic heterocycles. The molecule has 0 saturated carbocycles. The van der Waals surface area contributed by atoms with Gasteiger partial charge in [-0.05, 0) is 56.8 Å². The Balaban J connectivity index is 0.00000106. The number of likely N-dealkylation sites (tertiary alicyclic amines) is 1. The van der Waals surface area contributed by atoms with Crippen LogP contribution in [0.4, 0.5) is 0 Å². The van der Waals surface area contributed by atoms with Gasteiger partial charge in [0.2, 0.25) is 0 Å². The minimum absolute atomic E-state index is 0.271. The summed E-state index contributed by atoms with van der Waals surface area (Å²) in [5.41, 5.74) is 2.61. The van der Waals surface area contributed by atoms with Crippen molar-refractivity contribution in [2.24, 2.45) is 5.92 Å². The van der Waals surface area contributed by atoms with Crippen LogP contribution in [0.15, 0.2) is 18.2 Å². The molecule has 1 unspecified atom stereocenters. The highest BCUT2D eigenvalue weighted by Gasteiger charge is 2.20. The minimum atomic E-state index is 0.271. The van der Waals surface area contributed by atoms with Crippen molar-refractivity contribution < 1.29 is 9.63 Å². The molecule has 4 heteroatoms. The summed E-state index contributed by atoms with van der Waals surface area (Å²) in [7, 11) is 2.35. The number of aliphatic hydroxyl groups excluding tert-OH is 1. The molecule has 1 fully saturated rings. The highest BCUT2D eigenvalue weighted by atomic mass is 31.0. The lowest BCUT2D eigenvalue weighted by Crippen LogP contribution is -2.36. The molecule has 3 nitrogen and oxygen atoms in total. The molecule has 0 amide bonds. The predicted molar refractivity (Wildman–Crippen MR) is 92.8 cm³/mol. The van der Waals surface area contributed by atoms with Gasteiger partial charge in [0.1, 0.15) is 5.75 Å². The van der Waals surface area contributed by atoms with E-state index in [9.17, 15) is 0 Å². The van der Waals surface area contributed by atoms with Gasteiger partial charge >= 0.3 is 0 Å². The van der Waals surface area contributed by atoms with Gasteiger partial charge < -0.3 is 14.5 Å². The molecule has 1 saturated heterocycles. The number of benzene rings is 1. The van der Waals surface area contributed by atoms with Gasteiger partial charge in [0.15, 0.2) is 0 Å². The topological polar surface area (TPSA) is 32.7 Å². The zero-order chi connectivity index (χ0) is 15.7. The number of nitrogens with zero attached hydrogens (tertiary/aromatic N) is 1. The number of aryl methyl sites for hydroxylation is 1. The molecule has 1 aliphatic rings. The second kappa shape index (κ2) is 10.2. The van der Waals surface area contributed by atoms with Crippen molar-refractivity contribution in [3.8, 4) is 5.75 Å². The standard InChI is InChI=1S/C15H24NO2P.C2H6/c1-12-2-3-15(18-19)14(10-12)11-13-4-6-16(7-5-13)8-9-17;1-2/h2-3,10,13,17H,4-9,11,19H2,1H3;1-2H3. The van der Waals surface area contributed by atoms with Crippen molar-refractivity contribution in [2.45, 2.75) is 40.0 Å². The van der Waals surface area contributed by atoms with Gasteiger partial charge in [0.25, 0.3) is 0 Å². The molecular formula is C17H30NO2P. The summed E-state index contributed by atoms with van der Waals surface area (Å²) in [5.74, 6) is 1.71. The maximum Gasteiger partial charge on any atom is 0.125 e. The quantitative estimate of drug-likeness (QED) is 0.846. The summed E-state index contributed by atoms with van der Waals surface area (Å²) in [6.45, 7) is 9.42. The molecule has 1 aromatic carbocycles. The molecule has 21 heavy (non-hydrogen) atoms. The van der Waals surface area contributed by atoms with Crippen molar-refractivity contribution in [2.75, 3.05) is 26.2 Å². The van der Waals surface area contributed by atoms with E-state index in [1.807, 2.05) is 13.8 Å². The first-order chi connectivity index (χ1) is 10.2. The fourth-order valence-electron chi connectivity index (χ4n) is 2.85. The molecule has 0 bridgehead atoms. The zero-order valence-electron chi connectivity index (χ0n) is 13.6. The first-order valence-electron chi connectivity index (χ1n) is 8.02. The summed E-state index contributed by atoms with van der Waals surface area (Å²) < 4.78 is 5.37. The smallest absolute Gasteiger partial charge is 0.125 e. The van der Waals surface area contributed by atoms with Crippen molar-refractivity contribution in [1.82, 2.24) is 4.90 Å². The van der Waals surface area contributed by atoms with E-state index >= 15 is 0 Å². The first kappa shape index (κ1) is 18.4. The van der Waals surface area contributed by atoms with E-state index < -0.39 is 0 Å². The number of hydrogen-bond acceptors (Lipinski definition) is 3. The average molecular weight is 311 g/mol. The Kier molecular flexibility index (Phi) is 8.91. The third-order valence-corrected chi connectivity index (χ3v) is 4.23. The van der Waals surface area contributed by atoms with Crippen molar-refractivity contribution >= 4 is 9.47 Å². The van der Waals surface area contributed by atoms with Gasteiger partial charge in [-0.3, -0.25) is 0 Å². The van der Waals surface area contributed by atoms with Crippen LogP contribution in [0.3, 0.4) is 0 Å². The molecule has 0 aliphatic carbocycles. The van der Waals surface area contributed by atoms with Crippen LogP contribution in [0.25, 0.3) is 0 Å². The fraction of sp³-hybridized carbons (Fsp3) is 0.647. The van der Waals surface area contributed by atoms with Crippen LogP contribution in [0, 0.1) is 12.8 Å². The molecule has 0 spiro atoms. The van der Waals surface area contributed by atoms with Gasteiger partial charge in [0, 0.05) is 6.54 Å². The summed E-state index contributed by atoms with van der Waals surface area (Å²) in [5, 5.41) is 8.96. The Bertz CT molecular complexity index is 404. The molecular weight excluding hydrogens is 281 g/mol. The predicted octanol–water partition coefficient (Wildman–Crippen LogP) is 3.44. The SMILES string of the molecule is CC.Cc1ccc(OP)c(CC2CCN(CCO)CC2)c1. The lowest BCUT2D eigenvalue weighted by Gasteiger charge is -2.31. The number of β-amino-alcohol motifs (C(OH)–C–C–N with tert-alkyl or cyclic N) is 1. The van der Waals surface area contributed by atoms with Crippen LogP contribution in [-0.4, -0.2) is 36.2 Å². The maximum atomic E-state index is 8.96. The van der Waals surface area contributed by atoms with Gasteiger partial charge in [-0.1, -0.05) is 31.5 Å². The summed E-state index contributed by atoms with van der Waals surface area (Å²) in [6.07, 6.45) is 3.52. The Hall–Kier alpha value is -0.630. The molecule has 1 atom stereocenters. The summed E-state index contributed by atoms with van der Waals surface area (Å²) in [4.78, 5) is 2.35. The Labute approximate surface area is 132 Å². The van der Waals surface area contributed by atoms with E-state index in [4.69, 9.17) is 9.63 Å². The second-order valence-electron chi connectivity index (χ2n) is 5.44. The summed E-state index contributed by atoms with van der Waals surface area (Å²) in [6, 6.07) is 6.38. The fourth-order valence-corrected chi connectivity index (χ4v) is 3.08. The van der Waals surface area contributed by atoms with Crippen molar-refractivity contribution in [3.63, 3.8) is 0 Å². The highest BCUT2D eigenvalue weighted by molar-refractivity contribution is 7.10. The van der Waals surface area contributed by atoms with E-state index in [1.54, 1.807) is 0 Å². The minimum Gasteiger partial charge on any atom is -0.480 e. The van der Waals surface area contributed by atoms with E-state index in [-0.39, 0.29) is 6.61 Å². The third kappa shape index (κ3) is 5.94. The largest absolute Gasteiger partial charge is 0.480 e. The van der Waals surface area contributed by atoms with E-state index in [0.717, 1.165) is 37.7 Å². The molecule has 1 aliphatic heterocycles. The summed E-state index contributed by atoms with van der Waals surface area (Å²) >= 11 is 0. The number of aliphatic hydroxyl groups is 1. The van der Waals surface area contributed by atoms with E-state index in [0.29, 0.717) is 0 Å². The lowest BCUT2D eigenvalue weighted by molar-refractivity contribution is 0.147. The van der Waals surface area contributed by atoms with Crippen LogP contribution in [-0.2, 0) is 6.42 Å². The number of rotatable bonds is 5. The van der Waals surface area contributed by atoms with E-state index in [1.165, 1.54) is 24.0 Å². The van der Waals surface area contributed by atoms with Gasteiger partial charge in [0.05, 0.1) is 16.1 Å². The second-order valence-corrected chi connectivity index (χ2v) is 5.68. The van der Waals surface area contributed by atoms with Crippen molar-refractivity contribution in [1.29, 1.82) is 0 Å². The van der Waals surface area contributed by atoms with Crippen LogP contribution >= 0.6 is 9.47 Å². The van der Waals surface area contributed by atoms with Crippen LogP contribution in [0.2, 0.25) is 0 Å². The van der Waals surface area contributed by atoms with Crippen molar-refractivity contribution in [3.05, 3.63) is 29.3 Å². The molecule has 1 heterocycles. The average Bonchev–Trinajstić information content (AvgIpc) is 2.52. The van der Waals surface area contributed by atoms with Crippen LogP contribution < -0.4 is 4.52 Å². The number of piperidine rings is 1. The molecule has 1 aromatic rings. The Morgan fingerprint density at radius 3 is 2.52 bits per heavy atom. The normalized spacial score (nSPS) is 16.2. The monoisotopic (exact) mass is 311 g/mol. The molecule has 2 rings (SSSR count). The van der Waals surface area contributed by atoms with Gasteiger partial charge in [-0.15, -0.1) is 0 Å². The lowest BCUT2D eigenvalue weighted by atomic mass is 9.89. The van der Waals surface area contributed by atoms with Gasteiger partial charge in [-0.25, -0.2) is 0 Å². The molecule has 1 N–H and O–H groups in total. The van der Waals surface area contributed by atoms with Gasteiger partial charge in [-0.2, -0.15) is 0 Å². The first-order valence-corrected chi connectivity index (χ1v) is 8.49. The molecule has 120 valence electrons. The van der Waals surface area contributed by atoms with Crippen LogP contribution in [0.5, 0.6) is 5.75 Å². The maximum absolute atomic E-state index is 8.96. The highest BCUT2D eigenvalue weighted by Crippen LogP contribution is 2.28. The third-order valence-electron chi connectivity index (χ3n) is 3.97. The van der Waals surface area contributed by atoms with E-state index in [2.05, 4.69) is 39.5 Å². The van der Waals surface area contributed by atoms with Crippen LogP contribution in [0.1, 0.15) is 37.8 Å². The number of hydrogen-bond donors (Lipinski definition) is 1. The Morgan fingerprint density at radius 2 is 1.95 bits per heavy atom. The zero-order valence-corrected chi connectivity index (χ0v) is 14.8.